The average molecular weight is 1040 g/mol. The first-order valence-corrected chi connectivity index (χ1v) is 26.4. The lowest BCUT2D eigenvalue weighted by Gasteiger charge is -2.41. The Morgan fingerprint density at radius 2 is 1.42 bits per heavy atom. The molecule has 3 N–H and O–H groups in total. The summed E-state index contributed by atoms with van der Waals surface area (Å²) in [4.78, 5) is 110. The first-order chi connectivity index (χ1) is 35.0. The molecule has 1 aromatic rings. The Hall–Kier alpha value is -5.06. The number of carboxylic acid groups (broad SMARTS) is 1. The number of rotatable bonds is 35. The number of carbonyl (C=O) groups excluding carboxylic acids is 7. The predicted molar refractivity (Wildman–Crippen MR) is 279 cm³/mol. The Balaban J connectivity index is 2.06. The summed E-state index contributed by atoms with van der Waals surface area (Å²) in [5.74, 6) is -0.944. The van der Waals surface area contributed by atoms with E-state index in [0.29, 0.717) is 25.8 Å². The fraction of sp³-hybridized carbons (Fsp3) is 0.714. The van der Waals surface area contributed by atoms with Crippen molar-refractivity contribution in [1.82, 2.24) is 20.0 Å². The zero-order chi connectivity index (χ0) is 55.7. The van der Waals surface area contributed by atoms with Crippen LogP contribution in [0.4, 0.5) is 0 Å². The smallest absolute Gasteiger partial charge is 0.305 e. The molecule has 74 heavy (non-hydrogen) atoms. The number of carboxylic acids is 1. The van der Waals surface area contributed by atoms with Gasteiger partial charge >= 0.3 is 5.97 Å². The highest BCUT2D eigenvalue weighted by atomic mass is 16.5. The number of ether oxygens (including phenoxy) is 4. The van der Waals surface area contributed by atoms with Gasteiger partial charge in [-0.15, -0.1) is 0 Å². The molecule has 18 nitrogen and oxygen atoms in total. The molecule has 0 saturated carbocycles. The Morgan fingerprint density at radius 3 is 2.01 bits per heavy atom. The molecule has 1 heterocycles. The van der Waals surface area contributed by atoms with Crippen molar-refractivity contribution in [3.63, 3.8) is 0 Å². The van der Waals surface area contributed by atoms with Gasteiger partial charge in [0.1, 0.15) is 5.78 Å². The van der Waals surface area contributed by atoms with Crippen LogP contribution in [0.5, 0.6) is 0 Å². The molecule has 0 bridgehead atoms. The third-order valence-corrected chi connectivity index (χ3v) is 14.3. The highest BCUT2D eigenvalue weighted by molar-refractivity contribution is 6.03. The molecule has 0 radical (unpaired) electrons. The third-order valence-electron chi connectivity index (χ3n) is 14.3. The van der Waals surface area contributed by atoms with Crippen LogP contribution in [-0.2, 0) is 57.3 Å². The van der Waals surface area contributed by atoms with Crippen LogP contribution >= 0.6 is 0 Å². The number of ketones is 3. The van der Waals surface area contributed by atoms with Crippen LogP contribution in [0, 0.1) is 47.3 Å². The average Bonchev–Trinajstić information content (AvgIpc) is 3.85. The zero-order valence-corrected chi connectivity index (χ0v) is 46.3. The first kappa shape index (κ1) is 65.1. The molecule has 0 aromatic heterocycles. The molecule has 1 aromatic carbocycles. The summed E-state index contributed by atoms with van der Waals surface area (Å²) in [7, 11) is 6.36. The standard InChI is InChI=1S/C56H88N4O14/c1-13-38(6)53(47(71-11)35-50(66)60-28-17-22-44(60)55(72-12)40(8)45(62)33-39(7)54(69)41-19-15-14-16-20-41)59(10)56(70)43(36(2)3)34-46(63)52(37(4)5)58(9)49(65)25-30-73-29-18-21-42(61)23-24-48(64)57-27-32-74-31-26-51(67)68/h14-16,19-20,36-40,43-44,47,52-55,69H,13,17-18,21-22,25-35H2,1-12H3,(H,57,64)(H,67,68)/t38?,39-,40-,43-,44-,47?,52-,53-,54+,55+/m0/s1. The monoisotopic (exact) mass is 1040 g/mol. The fourth-order valence-corrected chi connectivity index (χ4v) is 9.84. The number of carbonyl (C=O) groups is 8. The minimum atomic E-state index is -0.989. The zero-order valence-electron chi connectivity index (χ0n) is 46.3. The maximum Gasteiger partial charge on any atom is 0.305 e. The van der Waals surface area contributed by atoms with Gasteiger partial charge in [0.25, 0.3) is 5.91 Å². The minimum absolute atomic E-state index is 0.0169. The maximum absolute atomic E-state index is 14.7. The van der Waals surface area contributed by atoms with Crippen LogP contribution in [0.15, 0.2) is 30.3 Å². The third kappa shape index (κ3) is 20.9. The number of aliphatic hydroxyl groups is 1. The molecule has 0 aliphatic carbocycles. The lowest BCUT2D eigenvalue weighted by molar-refractivity contribution is -0.149. The second kappa shape index (κ2) is 33.8. The Labute approximate surface area is 440 Å². The molecule has 4 amide bonds. The van der Waals surface area contributed by atoms with Crippen LogP contribution < -0.4 is 5.32 Å². The number of hydrogen-bond acceptors (Lipinski definition) is 13. The number of aliphatic hydroxyl groups excluding tert-OH is 1. The highest BCUT2D eigenvalue weighted by Gasteiger charge is 2.43. The molecule has 10 atom stereocenters. The maximum atomic E-state index is 14.7. The van der Waals surface area contributed by atoms with Gasteiger partial charge in [0, 0.05) is 85.0 Å². The summed E-state index contributed by atoms with van der Waals surface area (Å²) in [5, 5.41) is 22.0. The van der Waals surface area contributed by atoms with Gasteiger partial charge < -0.3 is 49.2 Å². The van der Waals surface area contributed by atoms with Gasteiger partial charge in [-0.3, -0.25) is 38.4 Å². The van der Waals surface area contributed by atoms with Crippen molar-refractivity contribution in [2.45, 2.75) is 156 Å². The molecule has 1 fully saturated rings. The summed E-state index contributed by atoms with van der Waals surface area (Å²) in [6, 6.07) is 7.54. The summed E-state index contributed by atoms with van der Waals surface area (Å²) >= 11 is 0. The molecule has 1 aliphatic heterocycles. The SMILES string of the molecule is CCC(C)[C@@H](C(CC(=O)N1CCC[C@H]1[C@H](OC)[C@@H](C)C(=O)C[C@H](C)[C@@H](O)c1ccccc1)OC)N(C)C(=O)[C@@H](CC(=O)[C@H](C(C)C)N(C)C(=O)CCOCCCC(=O)C#CC(=O)NCCOCCC(=O)O)C(C)C. The molecule has 416 valence electrons. The van der Waals surface area contributed by atoms with E-state index in [-0.39, 0.29) is 130 Å². The number of likely N-dealkylation sites (tertiary alicyclic amines) is 1. The van der Waals surface area contributed by atoms with E-state index in [0.717, 1.165) is 12.0 Å². The molecule has 18 heteroatoms. The number of likely N-dealkylation sites (N-methyl/N-ethyl adjacent to an activating group) is 2. The predicted octanol–water partition coefficient (Wildman–Crippen LogP) is 5.32. The van der Waals surface area contributed by atoms with Crippen molar-refractivity contribution < 1.29 is 67.5 Å². The number of Topliss-reactive ketones (excluding diaryl/α,β-unsaturated/α-hetero) is 3. The molecule has 1 saturated heterocycles. The Morgan fingerprint density at radius 1 is 0.770 bits per heavy atom. The minimum Gasteiger partial charge on any atom is -0.481 e. The van der Waals surface area contributed by atoms with Crippen molar-refractivity contribution in [3.05, 3.63) is 35.9 Å². The molecular weight excluding hydrogens is 953 g/mol. The van der Waals surface area contributed by atoms with Crippen LogP contribution in [0.25, 0.3) is 0 Å². The van der Waals surface area contributed by atoms with E-state index < -0.39 is 59.9 Å². The Bertz CT molecular complexity index is 2020. The second-order valence-electron chi connectivity index (χ2n) is 20.5. The van der Waals surface area contributed by atoms with Crippen molar-refractivity contribution in [2.75, 3.05) is 67.8 Å². The lowest BCUT2D eigenvalue weighted by atomic mass is 9.83. The van der Waals surface area contributed by atoms with Gasteiger partial charge in [-0.25, -0.2) is 0 Å². The van der Waals surface area contributed by atoms with Crippen molar-refractivity contribution in [3.8, 4) is 11.8 Å². The molecule has 1 aliphatic rings. The van der Waals surface area contributed by atoms with Gasteiger partial charge in [-0.2, -0.15) is 0 Å². The van der Waals surface area contributed by atoms with Gasteiger partial charge in [-0.05, 0) is 54.4 Å². The van der Waals surface area contributed by atoms with E-state index >= 15 is 0 Å². The van der Waals surface area contributed by atoms with Crippen LogP contribution in [-0.4, -0.2) is 170 Å². The van der Waals surface area contributed by atoms with Gasteiger partial charge in [-0.1, -0.05) is 92.1 Å². The summed E-state index contributed by atoms with van der Waals surface area (Å²) in [5.41, 5.74) is 0.744. The Kier molecular flexibility index (Phi) is 29.7. The van der Waals surface area contributed by atoms with Crippen LogP contribution in [0.1, 0.15) is 131 Å². The number of nitrogens with one attached hydrogen (secondary N) is 1. The summed E-state index contributed by atoms with van der Waals surface area (Å²) in [6.07, 6.45) is 0.150. The summed E-state index contributed by atoms with van der Waals surface area (Å²) < 4.78 is 22.8. The number of nitrogens with zero attached hydrogens (tertiary/aromatic N) is 3. The molecule has 2 unspecified atom stereocenters. The number of benzene rings is 1. The molecule has 0 spiro atoms. The van der Waals surface area contributed by atoms with E-state index in [1.54, 1.807) is 31.0 Å². The number of methoxy groups -OCH3 is 2. The van der Waals surface area contributed by atoms with Crippen molar-refractivity contribution >= 4 is 46.9 Å². The van der Waals surface area contributed by atoms with E-state index in [4.69, 9.17) is 24.1 Å². The summed E-state index contributed by atoms with van der Waals surface area (Å²) in [6.45, 7) is 16.1. The van der Waals surface area contributed by atoms with E-state index in [9.17, 15) is 43.5 Å². The van der Waals surface area contributed by atoms with Crippen molar-refractivity contribution in [1.29, 1.82) is 0 Å². The number of hydrogen-bond donors (Lipinski definition) is 3. The van der Waals surface area contributed by atoms with Gasteiger partial charge in [0.2, 0.25) is 23.5 Å². The topological polar surface area (TPSA) is 236 Å². The van der Waals surface area contributed by atoms with Crippen LogP contribution in [0.3, 0.4) is 0 Å². The van der Waals surface area contributed by atoms with E-state index in [2.05, 4.69) is 17.2 Å². The quantitative estimate of drug-likeness (QED) is 0.0444. The second-order valence-corrected chi connectivity index (χ2v) is 20.5. The number of aliphatic carboxylic acids is 1. The first-order valence-electron chi connectivity index (χ1n) is 26.4. The van der Waals surface area contributed by atoms with Crippen molar-refractivity contribution in [2.24, 2.45) is 35.5 Å². The van der Waals surface area contributed by atoms with Gasteiger partial charge in [0.05, 0.1) is 75.5 Å². The van der Waals surface area contributed by atoms with Crippen LogP contribution in [0.2, 0.25) is 0 Å². The molecule has 2 rings (SSSR count). The highest BCUT2D eigenvalue weighted by Crippen LogP contribution is 2.33. The molecular formula is C56H88N4O14. The normalized spacial score (nSPS) is 17.2. The van der Waals surface area contributed by atoms with E-state index in [1.807, 2.05) is 85.7 Å². The van der Waals surface area contributed by atoms with Gasteiger partial charge in [0.15, 0.2) is 5.78 Å². The largest absolute Gasteiger partial charge is 0.481 e. The lowest BCUT2D eigenvalue weighted by Crippen LogP contribution is -2.54. The van der Waals surface area contributed by atoms with E-state index in [1.165, 1.54) is 12.0 Å². The number of amides is 4. The fourth-order valence-electron chi connectivity index (χ4n) is 9.84.